The van der Waals surface area contributed by atoms with Crippen LogP contribution < -0.4 is 0 Å². The van der Waals surface area contributed by atoms with Crippen molar-refractivity contribution >= 4 is 17.7 Å². The highest BCUT2D eigenvalue weighted by molar-refractivity contribution is 8.00. The first-order chi connectivity index (χ1) is 6.31. The maximum atomic E-state index is 10.9. The highest BCUT2D eigenvalue weighted by Crippen LogP contribution is 1.98. The van der Waals surface area contributed by atoms with E-state index in [-0.39, 0.29) is 11.7 Å². The van der Waals surface area contributed by atoms with E-state index in [0.717, 1.165) is 0 Å². The molecule has 0 saturated heterocycles. The monoisotopic (exact) mass is 203 g/mol. The predicted octanol–water partition coefficient (Wildman–Crippen LogP) is 0.823. The number of carbonyl (C=O) groups is 1. The van der Waals surface area contributed by atoms with Crippen molar-refractivity contribution in [3.63, 3.8) is 0 Å². The molecule has 0 amide bonds. The van der Waals surface area contributed by atoms with Gasteiger partial charge >= 0.3 is 5.97 Å². The molecule has 0 aromatic rings. The van der Waals surface area contributed by atoms with Crippen molar-refractivity contribution in [2.24, 2.45) is 0 Å². The Morgan fingerprint density at radius 3 is 2.92 bits per heavy atom. The minimum absolute atomic E-state index is 0.236. The third kappa shape index (κ3) is 9.18. The summed E-state index contributed by atoms with van der Waals surface area (Å²) in [5.74, 6) is 0.264. The van der Waals surface area contributed by atoms with E-state index in [0.29, 0.717) is 25.6 Å². The van der Waals surface area contributed by atoms with Gasteiger partial charge in [0.05, 0.1) is 24.2 Å². The number of rotatable bonds is 7. The summed E-state index contributed by atoms with van der Waals surface area (Å²) in [4.78, 5) is 10.9. The van der Waals surface area contributed by atoms with Crippen LogP contribution >= 0.6 is 11.8 Å². The number of thioether (sulfide) groups is 1. The van der Waals surface area contributed by atoms with Crippen LogP contribution in [0.3, 0.4) is 0 Å². The second-order valence-corrected chi connectivity index (χ2v) is 3.05. The van der Waals surface area contributed by atoms with Crippen LogP contribution in [-0.4, -0.2) is 37.3 Å². The Balaban J connectivity index is 3.16. The normalized spacial score (nSPS) is 9.23. The summed E-state index contributed by atoms with van der Waals surface area (Å²) in [5.41, 5.74) is 0. The summed E-state index contributed by atoms with van der Waals surface area (Å²) in [6.07, 6.45) is 0. The Hall–Kier alpha value is -0.730. The zero-order valence-electron chi connectivity index (χ0n) is 7.62. The quantitative estimate of drug-likeness (QED) is 0.453. The first-order valence-corrected chi connectivity index (χ1v) is 5.14. The van der Waals surface area contributed by atoms with Gasteiger partial charge in [-0.15, -0.1) is 11.8 Å². The fourth-order valence-electron chi connectivity index (χ4n) is 0.580. The lowest BCUT2D eigenvalue weighted by atomic mass is 10.7. The Bertz CT molecular complexity index is 179. The maximum absolute atomic E-state index is 10.9. The number of carbonyl (C=O) groups excluding carboxylic acids is 1. The topological polar surface area (TPSA) is 59.3 Å². The van der Waals surface area contributed by atoms with E-state index >= 15 is 0 Å². The SMILES string of the molecule is CCOCCOC(=O)CSCC#N. The number of nitriles is 1. The summed E-state index contributed by atoms with van der Waals surface area (Å²) >= 11 is 1.25. The summed E-state index contributed by atoms with van der Waals surface area (Å²) in [7, 11) is 0. The lowest BCUT2D eigenvalue weighted by Gasteiger charge is -2.03. The van der Waals surface area contributed by atoms with Crippen LogP contribution in [0.1, 0.15) is 6.92 Å². The van der Waals surface area contributed by atoms with Gasteiger partial charge in [-0.05, 0) is 6.92 Å². The third-order valence-corrected chi connectivity index (χ3v) is 1.85. The molecule has 0 fully saturated rings. The van der Waals surface area contributed by atoms with E-state index in [1.165, 1.54) is 11.8 Å². The lowest BCUT2D eigenvalue weighted by molar-refractivity contribution is -0.141. The minimum atomic E-state index is -0.292. The van der Waals surface area contributed by atoms with Crippen molar-refractivity contribution in [2.75, 3.05) is 31.3 Å². The van der Waals surface area contributed by atoms with Gasteiger partial charge in [-0.1, -0.05) is 0 Å². The zero-order valence-corrected chi connectivity index (χ0v) is 8.43. The molecule has 0 rings (SSSR count). The molecule has 0 unspecified atom stereocenters. The standard InChI is InChI=1S/C8H13NO3S/c1-2-11-4-5-12-8(10)7-13-6-3-9/h2,4-7H2,1H3. The molecule has 0 aromatic heterocycles. The second-order valence-electron chi connectivity index (χ2n) is 2.07. The largest absolute Gasteiger partial charge is 0.463 e. The lowest BCUT2D eigenvalue weighted by Crippen LogP contribution is -2.12. The minimum Gasteiger partial charge on any atom is -0.463 e. The van der Waals surface area contributed by atoms with E-state index in [1.54, 1.807) is 0 Å². The van der Waals surface area contributed by atoms with Gasteiger partial charge in [0.25, 0.3) is 0 Å². The summed E-state index contributed by atoms with van der Waals surface area (Å²) < 4.78 is 9.77. The van der Waals surface area contributed by atoms with Crippen molar-refractivity contribution in [2.45, 2.75) is 6.92 Å². The Labute approximate surface area is 82.2 Å². The number of hydrogen-bond donors (Lipinski definition) is 0. The molecule has 0 heterocycles. The van der Waals surface area contributed by atoms with Crippen molar-refractivity contribution in [3.8, 4) is 6.07 Å². The molecule has 0 aliphatic heterocycles. The summed E-state index contributed by atoms with van der Waals surface area (Å²) in [6, 6.07) is 1.93. The van der Waals surface area contributed by atoms with Crippen molar-refractivity contribution < 1.29 is 14.3 Å². The van der Waals surface area contributed by atoms with Crippen LogP contribution in [0.25, 0.3) is 0 Å². The van der Waals surface area contributed by atoms with Crippen molar-refractivity contribution in [1.29, 1.82) is 5.26 Å². The maximum Gasteiger partial charge on any atom is 0.316 e. The van der Waals surface area contributed by atoms with Crippen LogP contribution in [0, 0.1) is 11.3 Å². The molecule has 0 aromatic carbocycles. The predicted molar refractivity (Wildman–Crippen MR) is 50.4 cm³/mol. The fourth-order valence-corrected chi connectivity index (χ4v) is 1.02. The molecule has 0 bridgehead atoms. The average Bonchev–Trinajstić information content (AvgIpc) is 2.13. The molecular formula is C8H13NO3S. The van der Waals surface area contributed by atoms with E-state index in [4.69, 9.17) is 14.7 Å². The Kier molecular flexibility index (Phi) is 8.83. The summed E-state index contributed by atoms with van der Waals surface area (Å²) in [6.45, 7) is 3.23. The second kappa shape index (κ2) is 9.36. The van der Waals surface area contributed by atoms with Crippen molar-refractivity contribution in [3.05, 3.63) is 0 Å². The molecule has 0 radical (unpaired) electrons. The molecule has 13 heavy (non-hydrogen) atoms. The van der Waals surface area contributed by atoms with E-state index in [1.807, 2.05) is 13.0 Å². The average molecular weight is 203 g/mol. The Morgan fingerprint density at radius 2 is 2.31 bits per heavy atom. The fraction of sp³-hybridized carbons (Fsp3) is 0.750. The zero-order chi connectivity index (χ0) is 9.94. The van der Waals surface area contributed by atoms with Gasteiger partial charge in [0, 0.05) is 6.61 Å². The van der Waals surface area contributed by atoms with Gasteiger partial charge in [0.15, 0.2) is 0 Å². The first kappa shape index (κ1) is 12.3. The molecule has 0 spiro atoms. The highest BCUT2D eigenvalue weighted by atomic mass is 32.2. The van der Waals surface area contributed by atoms with Gasteiger partial charge in [-0.25, -0.2) is 0 Å². The van der Waals surface area contributed by atoms with Gasteiger partial charge in [0.2, 0.25) is 0 Å². The van der Waals surface area contributed by atoms with Crippen molar-refractivity contribution in [1.82, 2.24) is 0 Å². The smallest absolute Gasteiger partial charge is 0.316 e. The number of ether oxygens (including phenoxy) is 2. The van der Waals surface area contributed by atoms with E-state index in [9.17, 15) is 4.79 Å². The first-order valence-electron chi connectivity index (χ1n) is 3.99. The van der Waals surface area contributed by atoms with E-state index < -0.39 is 0 Å². The third-order valence-electron chi connectivity index (χ3n) is 1.08. The molecule has 74 valence electrons. The Morgan fingerprint density at radius 1 is 1.54 bits per heavy atom. The van der Waals surface area contributed by atoms with E-state index in [2.05, 4.69) is 0 Å². The molecule has 0 aliphatic rings. The van der Waals surface area contributed by atoms with Gasteiger partial charge in [0.1, 0.15) is 6.61 Å². The number of nitrogens with zero attached hydrogens (tertiary/aromatic N) is 1. The van der Waals surface area contributed by atoms with Crippen LogP contribution in [0.2, 0.25) is 0 Å². The van der Waals surface area contributed by atoms with Crippen LogP contribution in [-0.2, 0) is 14.3 Å². The number of esters is 1. The molecule has 0 N–H and O–H groups in total. The van der Waals surface area contributed by atoms with Gasteiger partial charge < -0.3 is 9.47 Å². The highest BCUT2D eigenvalue weighted by Gasteiger charge is 2.01. The number of hydrogen-bond acceptors (Lipinski definition) is 5. The van der Waals surface area contributed by atoms with Crippen LogP contribution in [0.5, 0.6) is 0 Å². The molecule has 0 saturated carbocycles. The molecule has 0 atom stereocenters. The van der Waals surface area contributed by atoms with Gasteiger partial charge in [-0.3, -0.25) is 4.79 Å². The molecular weight excluding hydrogens is 190 g/mol. The molecule has 5 heteroatoms. The van der Waals surface area contributed by atoms with Crippen LogP contribution in [0.4, 0.5) is 0 Å². The molecule has 4 nitrogen and oxygen atoms in total. The van der Waals surface area contributed by atoms with Crippen LogP contribution in [0.15, 0.2) is 0 Å². The molecule has 0 aliphatic carbocycles. The van der Waals surface area contributed by atoms with Gasteiger partial charge in [-0.2, -0.15) is 5.26 Å². The summed E-state index contributed by atoms with van der Waals surface area (Å²) in [5, 5.41) is 8.18.